The van der Waals surface area contributed by atoms with Gasteiger partial charge in [0, 0.05) is 13.6 Å². The van der Waals surface area contributed by atoms with E-state index in [1.165, 1.54) is 28.6 Å². The Morgan fingerprint density at radius 1 is 1.23 bits per heavy atom. The molecule has 0 spiro atoms. The van der Waals surface area contributed by atoms with E-state index in [9.17, 15) is 9.18 Å². The van der Waals surface area contributed by atoms with E-state index >= 15 is 0 Å². The van der Waals surface area contributed by atoms with Gasteiger partial charge in [0.05, 0.1) is 10.9 Å². The number of tetrazole rings is 1. The number of hydrogen-bond donors (Lipinski definition) is 0. The van der Waals surface area contributed by atoms with Gasteiger partial charge >= 0.3 is 0 Å². The maximum absolute atomic E-state index is 13.4. The van der Waals surface area contributed by atoms with E-state index in [0.717, 1.165) is 5.56 Å². The van der Waals surface area contributed by atoms with Crippen LogP contribution in [0.1, 0.15) is 12.5 Å². The van der Waals surface area contributed by atoms with Gasteiger partial charge in [0.1, 0.15) is 5.82 Å². The van der Waals surface area contributed by atoms with Crippen LogP contribution in [-0.4, -0.2) is 43.3 Å². The van der Waals surface area contributed by atoms with Crippen molar-refractivity contribution in [2.45, 2.75) is 23.9 Å². The molecule has 8 heteroatoms. The van der Waals surface area contributed by atoms with Gasteiger partial charge in [-0.25, -0.2) is 4.39 Å². The molecule has 0 aliphatic heterocycles. The molecule has 0 aliphatic rings. The molecular weight excluding hydrogens is 353 g/mol. The zero-order valence-corrected chi connectivity index (χ0v) is 15.2. The minimum atomic E-state index is -0.387. The fraction of sp³-hybridized carbons (Fsp3) is 0.222. The van der Waals surface area contributed by atoms with Crippen LogP contribution in [0.3, 0.4) is 0 Å². The van der Waals surface area contributed by atoms with Gasteiger partial charge in [0.25, 0.3) is 0 Å². The van der Waals surface area contributed by atoms with Gasteiger partial charge in [-0.15, -0.1) is 5.10 Å². The van der Waals surface area contributed by atoms with Crippen LogP contribution in [0.2, 0.25) is 0 Å². The number of hydrogen-bond acceptors (Lipinski definition) is 5. The molecule has 26 heavy (non-hydrogen) atoms. The number of thioether (sulfide) groups is 1. The van der Waals surface area contributed by atoms with Crippen molar-refractivity contribution in [3.8, 4) is 5.69 Å². The molecule has 1 amide bonds. The summed E-state index contributed by atoms with van der Waals surface area (Å²) in [5, 5.41) is 11.6. The number of aromatic nitrogens is 4. The third-order valence-corrected chi connectivity index (χ3v) is 4.78. The molecule has 0 N–H and O–H groups in total. The third kappa shape index (κ3) is 4.26. The molecule has 1 atom stereocenters. The molecule has 0 saturated heterocycles. The average Bonchev–Trinajstić information content (AvgIpc) is 3.10. The molecule has 1 unspecified atom stereocenters. The summed E-state index contributed by atoms with van der Waals surface area (Å²) in [5.41, 5.74) is 1.57. The SMILES string of the molecule is CC(Sc1nnnn1-c1cccc(F)c1)C(=O)N(C)Cc1ccccc1. The van der Waals surface area contributed by atoms with Crippen molar-refractivity contribution in [3.63, 3.8) is 0 Å². The van der Waals surface area contributed by atoms with E-state index < -0.39 is 0 Å². The highest BCUT2D eigenvalue weighted by Gasteiger charge is 2.22. The van der Waals surface area contributed by atoms with Crippen LogP contribution in [0.5, 0.6) is 0 Å². The lowest BCUT2D eigenvalue weighted by atomic mass is 10.2. The summed E-state index contributed by atoms with van der Waals surface area (Å²) in [4.78, 5) is 14.3. The first-order valence-electron chi connectivity index (χ1n) is 8.04. The Bertz CT molecular complexity index is 886. The minimum absolute atomic E-state index is 0.0346. The van der Waals surface area contributed by atoms with Crippen molar-refractivity contribution < 1.29 is 9.18 Å². The second-order valence-corrected chi connectivity index (χ2v) is 7.10. The summed E-state index contributed by atoms with van der Waals surface area (Å²) in [6, 6.07) is 15.8. The number of carbonyl (C=O) groups excluding carboxylic acids is 1. The monoisotopic (exact) mass is 371 g/mol. The van der Waals surface area contributed by atoms with Crippen molar-refractivity contribution in [1.29, 1.82) is 0 Å². The molecular formula is C18H18FN5OS. The number of nitrogens with zero attached hydrogens (tertiary/aromatic N) is 5. The topological polar surface area (TPSA) is 63.9 Å². The van der Waals surface area contributed by atoms with Crippen LogP contribution in [0, 0.1) is 5.82 Å². The summed E-state index contributed by atoms with van der Waals surface area (Å²) in [6.45, 7) is 2.33. The Kier molecular flexibility index (Phi) is 5.62. The Labute approximate surface area is 155 Å². The predicted molar refractivity (Wildman–Crippen MR) is 97.3 cm³/mol. The number of rotatable bonds is 6. The summed E-state index contributed by atoms with van der Waals surface area (Å²) in [6.07, 6.45) is 0. The van der Waals surface area contributed by atoms with Gasteiger partial charge in [-0.05, 0) is 41.1 Å². The highest BCUT2D eigenvalue weighted by molar-refractivity contribution is 8.00. The Balaban J connectivity index is 1.69. The van der Waals surface area contributed by atoms with Gasteiger partial charge in [-0.3, -0.25) is 4.79 Å². The second-order valence-electron chi connectivity index (χ2n) is 5.79. The normalized spacial score (nSPS) is 12.0. The molecule has 3 aromatic rings. The molecule has 1 heterocycles. The standard InChI is InChI=1S/C18H18FN5OS/c1-13(17(25)23(2)12-14-7-4-3-5-8-14)26-18-20-21-22-24(18)16-10-6-9-15(19)11-16/h3-11,13H,12H2,1-2H3. The summed E-state index contributed by atoms with van der Waals surface area (Å²) in [5.74, 6) is -0.409. The van der Waals surface area contributed by atoms with Crippen molar-refractivity contribution in [2.24, 2.45) is 0 Å². The van der Waals surface area contributed by atoms with Crippen molar-refractivity contribution in [2.75, 3.05) is 7.05 Å². The second kappa shape index (κ2) is 8.09. The van der Waals surface area contributed by atoms with E-state index in [1.54, 1.807) is 31.0 Å². The third-order valence-electron chi connectivity index (χ3n) is 3.76. The highest BCUT2D eigenvalue weighted by Crippen LogP contribution is 2.24. The smallest absolute Gasteiger partial charge is 0.235 e. The minimum Gasteiger partial charge on any atom is -0.340 e. The molecule has 134 valence electrons. The van der Waals surface area contributed by atoms with E-state index in [-0.39, 0.29) is 17.0 Å². The molecule has 2 aromatic carbocycles. The van der Waals surface area contributed by atoms with E-state index in [0.29, 0.717) is 17.4 Å². The lowest BCUT2D eigenvalue weighted by molar-refractivity contribution is -0.129. The summed E-state index contributed by atoms with van der Waals surface area (Å²) < 4.78 is 14.9. The molecule has 1 aromatic heterocycles. The maximum Gasteiger partial charge on any atom is 0.235 e. The van der Waals surface area contributed by atoms with Crippen LogP contribution in [-0.2, 0) is 11.3 Å². The number of carbonyl (C=O) groups is 1. The molecule has 0 aliphatic carbocycles. The first kappa shape index (κ1) is 18.1. The van der Waals surface area contributed by atoms with Crippen LogP contribution >= 0.6 is 11.8 Å². The predicted octanol–water partition coefficient (Wildman–Crippen LogP) is 2.94. The summed E-state index contributed by atoms with van der Waals surface area (Å²) >= 11 is 1.24. The van der Waals surface area contributed by atoms with Crippen molar-refractivity contribution in [1.82, 2.24) is 25.1 Å². The molecule has 0 bridgehead atoms. The molecule has 3 rings (SSSR count). The van der Waals surface area contributed by atoms with Crippen molar-refractivity contribution in [3.05, 3.63) is 66.0 Å². The fourth-order valence-electron chi connectivity index (χ4n) is 2.48. The Hall–Kier alpha value is -2.74. The highest BCUT2D eigenvalue weighted by atomic mass is 32.2. The Morgan fingerprint density at radius 3 is 2.73 bits per heavy atom. The molecule has 6 nitrogen and oxygen atoms in total. The van der Waals surface area contributed by atoms with E-state index in [1.807, 2.05) is 30.3 Å². The fourth-order valence-corrected chi connectivity index (χ4v) is 3.40. The van der Waals surface area contributed by atoms with E-state index in [4.69, 9.17) is 0 Å². The summed E-state index contributed by atoms with van der Waals surface area (Å²) in [7, 11) is 1.77. The van der Waals surface area contributed by atoms with Gasteiger partial charge < -0.3 is 4.90 Å². The molecule has 0 radical (unpaired) electrons. The van der Waals surface area contributed by atoms with Crippen LogP contribution in [0.15, 0.2) is 59.8 Å². The first-order valence-corrected chi connectivity index (χ1v) is 8.92. The average molecular weight is 371 g/mol. The van der Waals surface area contributed by atoms with Crippen LogP contribution in [0.25, 0.3) is 5.69 Å². The lowest BCUT2D eigenvalue weighted by Crippen LogP contribution is -2.32. The van der Waals surface area contributed by atoms with Crippen LogP contribution < -0.4 is 0 Å². The van der Waals surface area contributed by atoms with Gasteiger partial charge in [0.2, 0.25) is 11.1 Å². The Morgan fingerprint density at radius 2 is 2.00 bits per heavy atom. The lowest BCUT2D eigenvalue weighted by Gasteiger charge is -2.21. The van der Waals surface area contributed by atoms with Gasteiger partial charge in [0.15, 0.2) is 0 Å². The molecule has 0 saturated carbocycles. The number of amides is 1. The number of halogens is 1. The zero-order valence-electron chi connectivity index (χ0n) is 14.4. The largest absolute Gasteiger partial charge is 0.340 e. The maximum atomic E-state index is 13.4. The zero-order chi connectivity index (χ0) is 18.5. The van der Waals surface area contributed by atoms with E-state index in [2.05, 4.69) is 15.5 Å². The van der Waals surface area contributed by atoms with Crippen molar-refractivity contribution >= 4 is 17.7 Å². The quantitative estimate of drug-likeness (QED) is 0.624. The number of benzene rings is 2. The molecule has 0 fully saturated rings. The first-order chi connectivity index (χ1) is 12.5. The van der Waals surface area contributed by atoms with Crippen LogP contribution in [0.4, 0.5) is 4.39 Å². The van der Waals surface area contributed by atoms with Gasteiger partial charge in [-0.2, -0.15) is 4.68 Å². The van der Waals surface area contributed by atoms with Gasteiger partial charge in [-0.1, -0.05) is 48.2 Å².